The Morgan fingerprint density at radius 3 is 2.58 bits per heavy atom. The van der Waals surface area contributed by atoms with Crippen molar-refractivity contribution in [3.05, 3.63) is 23.4 Å². The van der Waals surface area contributed by atoms with Gasteiger partial charge in [0.15, 0.2) is 6.10 Å². The summed E-state index contributed by atoms with van der Waals surface area (Å²) < 4.78 is 5.18. The molecule has 1 aromatic rings. The molecule has 6 nitrogen and oxygen atoms in total. The summed E-state index contributed by atoms with van der Waals surface area (Å²) in [4.78, 5) is 26.9. The maximum atomic E-state index is 11.9. The molecule has 19 heavy (non-hydrogen) atoms. The highest BCUT2D eigenvalue weighted by molar-refractivity contribution is 5.94. The SMILES string of the molecule is Cc1cc(C)nc(NC(=O)[C@@H]2CC[C@H](C(=O)O)O2)c1. The Balaban J connectivity index is 2.00. The summed E-state index contributed by atoms with van der Waals surface area (Å²) in [6.45, 7) is 3.76. The second-order valence-electron chi connectivity index (χ2n) is 4.69. The van der Waals surface area contributed by atoms with E-state index in [1.807, 2.05) is 19.9 Å². The molecule has 1 saturated heterocycles. The summed E-state index contributed by atoms with van der Waals surface area (Å²) in [5.74, 6) is -0.911. The Labute approximate surface area is 110 Å². The molecular formula is C13H16N2O4. The fourth-order valence-corrected chi connectivity index (χ4v) is 2.12. The van der Waals surface area contributed by atoms with Crippen molar-refractivity contribution in [1.29, 1.82) is 0 Å². The molecule has 1 aromatic heterocycles. The van der Waals surface area contributed by atoms with Crippen LogP contribution in [0.15, 0.2) is 12.1 Å². The number of ether oxygens (including phenoxy) is 1. The standard InChI is InChI=1S/C13H16N2O4/c1-7-5-8(2)14-11(6-7)15-12(16)9-3-4-10(19-9)13(17)18/h5-6,9-10H,3-4H2,1-2H3,(H,17,18)(H,14,15,16)/t9-,10+/m0/s1. The molecule has 2 heterocycles. The number of hydrogen-bond acceptors (Lipinski definition) is 4. The van der Waals surface area contributed by atoms with Crippen LogP contribution in [0.5, 0.6) is 0 Å². The number of aliphatic carboxylic acids is 1. The predicted octanol–water partition coefficient (Wildman–Crippen LogP) is 1.27. The number of hydrogen-bond donors (Lipinski definition) is 2. The summed E-state index contributed by atoms with van der Waals surface area (Å²) >= 11 is 0. The van der Waals surface area contributed by atoms with Gasteiger partial charge in [0.25, 0.3) is 5.91 Å². The fraction of sp³-hybridized carbons (Fsp3) is 0.462. The highest BCUT2D eigenvalue weighted by Crippen LogP contribution is 2.21. The highest BCUT2D eigenvalue weighted by Gasteiger charge is 2.34. The third-order valence-corrected chi connectivity index (χ3v) is 2.94. The highest BCUT2D eigenvalue weighted by atomic mass is 16.5. The van der Waals surface area contributed by atoms with Gasteiger partial charge in [0.05, 0.1) is 0 Å². The van der Waals surface area contributed by atoms with Gasteiger partial charge in [-0.3, -0.25) is 4.79 Å². The number of anilines is 1. The van der Waals surface area contributed by atoms with E-state index >= 15 is 0 Å². The van der Waals surface area contributed by atoms with Crippen LogP contribution in [-0.4, -0.2) is 34.2 Å². The molecule has 6 heteroatoms. The van der Waals surface area contributed by atoms with E-state index in [9.17, 15) is 9.59 Å². The Morgan fingerprint density at radius 1 is 1.32 bits per heavy atom. The molecule has 0 radical (unpaired) electrons. The van der Waals surface area contributed by atoms with Gasteiger partial charge in [-0.25, -0.2) is 9.78 Å². The molecule has 0 aliphatic carbocycles. The first-order valence-corrected chi connectivity index (χ1v) is 6.10. The van der Waals surface area contributed by atoms with Crippen molar-refractivity contribution in [3.8, 4) is 0 Å². The summed E-state index contributed by atoms with van der Waals surface area (Å²) in [5.41, 5.74) is 1.81. The molecule has 0 bridgehead atoms. The number of nitrogens with zero attached hydrogens (tertiary/aromatic N) is 1. The van der Waals surface area contributed by atoms with Crippen LogP contribution in [0.4, 0.5) is 5.82 Å². The van der Waals surface area contributed by atoms with Crippen LogP contribution in [0.2, 0.25) is 0 Å². The van der Waals surface area contributed by atoms with Gasteiger partial charge in [-0.1, -0.05) is 0 Å². The second-order valence-corrected chi connectivity index (χ2v) is 4.69. The molecule has 2 atom stereocenters. The zero-order chi connectivity index (χ0) is 14.0. The van der Waals surface area contributed by atoms with Crippen LogP contribution in [0.1, 0.15) is 24.1 Å². The molecule has 102 valence electrons. The van der Waals surface area contributed by atoms with Crippen LogP contribution >= 0.6 is 0 Å². The normalized spacial score (nSPS) is 22.2. The van der Waals surface area contributed by atoms with Crippen LogP contribution in [0.3, 0.4) is 0 Å². The van der Waals surface area contributed by atoms with Crippen LogP contribution < -0.4 is 5.32 Å². The van der Waals surface area contributed by atoms with Crippen LogP contribution in [-0.2, 0) is 14.3 Å². The van der Waals surface area contributed by atoms with Crippen molar-refractivity contribution in [2.45, 2.75) is 38.9 Å². The lowest BCUT2D eigenvalue weighted by Gasteiger charge is -2.12. The van der Waals surface area contributed by atoms with E-state index in [1.165, 1.54) is 0 Å². The van der Waals surface area contributed by atoms with E-state index in [4.69, 9.17) is 9.84 Å². The number of pyridine rings is 1. The van der Waals surface area contributed by atoms with Crippen molar-refractivity contribution in [1.82, 2.24) is 4.98 Å². The number of aromatic nitrogens is 1. The first-order chi connectivity index (χ1) is 8.95. The minimum absolute atomic E-state index is 0.346. The Bertz CT molecular complexity index is 495. The number of carboxylic acid groups (broad SMARTS) is 1. The van der Waals surface area contributed by atoms with Crippen molar-refractivity contribution < 1.29 is 19.4 Å². The number of carbonyl (C=O) groups excluding carboxylic acids is 1. The molecule has 2 rings (SSSR count). The van der Waals surface area contributed by atoms with Crippen LogP contribution in [0.25, 0.3) is 0 Å². The summed E-state index contributed by atoms with van der Waals surface area (Å²) in [7, 11) is 0. The maximum absolute atomic E-state index is 11.9. The summed E-state index contributed by atoms with van der Waals surface area (Å²) in [5, 5.41) is 11.5. The van der Waals surface area contributed by atoms with Gasteiger partial charge >= 0.3 is 5.97 Å². The van der Waals surface area contributed by atoms with E-state index in [1.54, 1.807) is 6.07 Å². The third-order valence-electron chi connectivity index (χ3n) is 2.94. The number of amides is 1. The van der Waals surface area contributed by atoms with Gasteiger partial charge in [-0.2, -0.15) is 0 Å². The zero-order valence-electron chi connectivity index (χ0n) is 10.8. The van der Waals surface area contributed by atoms with Gasteiger partial charge in [0.2, 0.25) is 0 Å². The van der Waals surface area contributed by atoms with Crippen molar-refractivity contribution in [2.24, 2.45) is 0 Å². The molecule has 0 unspecified atom stereocenters. The number of rotatable bonds is 3. The molecule has 1 aliphatic heterocycles. The number of carbonyl (C=O) groups is 2. The van der Waals surface area contributed by atoms with Gasteiger partial charge < -0.3 is 15.2 Å². The van der Waals surface area contributed by atoms with Gasteiger partial charge in [0.1, 0.15) is 11.9 Å². The van der Waals surface area contributed by atoms with E-state index < -0.39 is 18.2 Å². The number of nitrogens with one attached hydrogen (secondary N) is 1. The van der Waals surface area contributed by atoms with Gasteiger partial charge in [0, 0.05) is 5.69 Å². The lowest BCUT2D eigenvalue weighted by atomic mass is 10.2. The minimum atomic E-state index is -1.03. The minimum Gasteiger partial charge on any atom is -0.479 e. The summed E-state index contributed by atoms with van der Waals surface area (Å²) in [6.07, 6.45) is -0.840. The third kappa shape index (κ3) is 3.29. The van der Waals surface area contributed by atoms with E-state index in [-0.39, 0.29) is 5.91 Å². The maximum Gasteiger partial charge on any atom is 0.332 e. The van der Waals surface area contributed by atoms with Crippen LogP contribution in [0, 0.1) is 13.8 Å². The van der Waals surface area contributed by atoms with Crippen molar-refractivity contribution >= 4 is 17.7 Å². The smallest absolute Gasteiger partial charge is 0.332 e. The lowest BCUT2D eigenvalue weighted by Crippen LogP contribution is -2.30. The molecular weight excluding hydrogens is 248 g/mol. The molecule has 1 aliphatic rings. The molecule has 0 spiro atoms. The summed E-state index contributed by atoms with van der Waals surface area (Å²) in [6, 6.07) is 3.66. The monoisotopic (exact) mass is 264 g/mol. The molecule has 0 saturated carbocycles. The Kier molecular flexibility index (Phi) is 3.80. The second kappa shape index (κ2) is 5.36. The first kappa shape index (κ1) is 13.5. The molecule has 1 amide bonds. The fourth-order valence-electron chi connectivity index (χ4n) is 2.12. The topological polar surface area (TPSA) is 88.5 Å². The largest absolute Gasteiger partial charge is 0.479 e. The Morgan fingerprint density at radius 2 is 2.00 bits per heavy atom. The van der Waals surface area contributed by atoms with E-state index in [2.05, 4.69) is 10.3 Å². The zero-order valence-corrected chi connectivity index (χ0v) is 10.8. The average Bonchev–Trinajstić information content (AvgIpc) is 2.76. The number of aryl methyl sites for hydroxylation is 2. The van der Waals surface area contributed by atoms with Crippen molar-refractivity contribution in [2.75, 3.05) is 5.32 Å². The predicted molar refractivity (Wildman–Crippen MR) is 67.9 cm³/mol. The average molecular weight is 264 g/mol. The first-order valence-electron chi connectivity index (χ1n) is 6.10. The van der Waals surface area contributed by atoms with Crippen molar-refractivity contribution in [3.63, 3.8) is 0 Å². The lowest BCUT2D eigenvalue weighted by molar-refractivity contribution is -0.150. The molecule has 2 N–H and O–H groups in total. The molecule has 0 aromatic carbocycles. The van der Waals surface area contributed by atoms with E-state index in [0.29, 0.717) is 18.7 Å². The Hall–Kier alpha value is -1.95. The van der Waals surface area contributed by atoms with Gasteiger partial charge in [-0.05, 0) is 44.4 Å². The van der Waals surface area contributed by atoms with Gasteiger partial charge in [-0.15, -0.1) is 0 Å². The van der Waals surface area contributed by atoms with E-state index in [0.717, 1.165) is 11.3 Å². The molecule has 1 fully saturated rings. The quantitative estimate of drug-likeness (QED) is 0.858. The number of carboxylic acids is 1.